The van der Waals surface area contributed by atoms with Crippen molar-refractivity contribution < 1.29 is 9.84 Å². The third-order valence-corrected chi connectivity index (χ3v) is 5.14. The van der Waals surface area contributed by atoms with Gasteiger partial charge in [-0.15, -0.1) is 0 Å². The van der Waals surface area contributed by atoms with Crippen molar-refractivity contribution in [1.82, 2.24) is 0 Å². The molecule has 2 rings (SSSR count). The van der Waals surface area contributed by atoms with E-state index in [1.54, 1.807) is 0 Å². The van der Waals surface area contributed by atoms with Gasteiger partial charge in [0.25, 0.3) is 0 Å². The molecule has 1 saturated carbocycles. The van der Waals surface area contributed by atoms with Crippen molar-refractivity contribution in [2.24, 2.45) is 16.6 Å². The van der Waals surface area contributed by atoms with E-state index in [0.717, 1.165) is 38.7 Å². The van der Waals surface area contributed by atoms with Gasteiger partial charge >= 0.3 is 0 Å². The molecule has 1 aliphatic carbocycles. The summed E-state index contributed by atoms with van der Waals surface area (Å²) in [5.74, 6) is 0. The molecule has 2 atom stereocenters. The number of hydrogen-bond donors (Lipinski definition) is 2. The Labute approximate surface area is 105 Å². The summed E-state index contributed by atoms with van der Waals surface area (Å²) in [6.07, 6.45) is 6.07. The number of nitrogens with two attached hydrogens (primary N) is 1. The predicted octanol–water partition coefficient (Wildman–Crippen LogP) is 2.07. The van der Waals surface area contributed by atoms with Crippen molar-refractivity contribution >= 4 is 0 Å². The van der Waals surface area contributed by atoms with Gasteiger partial charge < -0.3 is 15.6 Å². The summed E-state index contributed by atoms with van der Waals surface area (Å²) in [5, 5.41) is 11.1. The third-order valence-electron chi connectivity index (χ3n) is 5.14. The van der Waals surface area contributed by atoms with Gasteiger partial charge in [-0.3, -0.25) is 0 Å². The second kappa shape index (κ2) is 4.52. The molecule has 1 saturated heterocycles. The van der Waals surface area contributed by atoms with Crippen LogP contribution in [0.25, 0.3) is 0 Å². The van der Waals surface area contributed by atoms with Crippen LogP contribution in [0, 0.1) is 10.8 Å². The lowest BCUT2D eigenvalue weighted by Gasteiger charge is -2.43. The van der Waals surface area contributed by atoms with Crippen LogP contribution in [0.2, 0.25) is 0 Å². The first-order valence-electron chi connectivity index (χ1n) is 6.93. The lowest BCUT2D eigenvalue weighted by Crippen LogP contribution is -2.53. The van der Waals surface area contributed by atoms with Gasteiger partial charge in [0, 0.05) is 18.6 Å². The molecule has 0 amide bonds. The van der Waals surface area contributed by atoms with Crippen LogP contribution >= 0.6 is 0 Å². The van der Waals surface area contributed by atoms with Gasteiger partial charge in [-0.1, -0.05) is 20.3 Å². The molecule has 0 aromatic rings. The smallest absolute Gasteiger partial charge is 0.0739 e. The minimum atomic E-state index is -0.605. The third kappa shape index (κ3) is 2.38. The molecule has 1 aliphatic heterocycles. The van der Waals surface area contributed by atoms with Crippen LogP contribution in [0.4, 0.5) is 0 Å². The molecule has 100 valence electrons. The van der Waals surface area contributed by atoms with E-state index < -0.39 is 5.60 Å². The van der Waals surface area contributed by atoms with Gasteiger partial charge in [0.1, 0.15) is 0 Å². The Morgan fingerprint density at radius 3 is 2.47 bits per heavy atom. The number of aliphatic hydroxyl groups is 1. The molecule has 3 N–H and O–H groups in total. The van der Waals surface area contributed by atoms with E-state index in [1.807, 2.05) is 0 Å². The molecule has 2 fully saturated rings. The van der Waals surface area contributed by atoms with Crippen LogP contribution in [-0.2, 0) is 4.74 Å². The van der Waals surface area contributed by atoms with Crippen molar-refractivity contribution in [2.75, 3.05) is 19.8 Å². The van der Waals surface area contributed by atoms with Gasteiger partial charge in [0.15, 0.2) is 0 Å². The SMILES string of the molecule is CC1(C)CCCC(O)(C2(CN)CCOC2)CC1. The van der Waals surface area contributed by atoms with E-state index in [1.165, 1.54) is 6.42 Å². The first-order chi connectivity index (χ1) is 7.93. The normalized spacial score (nSPS) is 42.4. The fourth-order valence-corrected chi connectivity index (χ4v) is 3.51. The Kier molecular flexibility index (Phi) is 3.54. The standard InChI is InChI=1S/C14H27NO2/c1-12(2)4-3-5-14(16,7-6-12)13(10-15)8-9-17-11-13/h16H,3-11,15H2,1-2H3. The zero-order valence-corrected chi connectivity index (χ0v) is 11.3. The maximum atomic E-state index is 11.1. The van der Waals surface area contributed by atoms with Crippen molar-refractivity contribution in [1.29, 1.82) is 0 Å². The largest absolute Gasteiger partial charge is 0.389 e. The van der Waals surface area contributed by atoms with E-state index in [0.29, 0.717) is 18.6 Å². The highest BCUT2D eigenvalue weighted by Crippen LogP contribution is 2.49. The van der Waals surface area contributed by atoms with Crippen molar-refractivity contribution in [2.45, 2.75) is 58.0 Å². The van der Waals surface area contributed by atoms with Gasteiger partial charge in [-0.25, -0.2) is 0 Å². The number of hydrogen-bond acceptors (Lipinski definition) is 3. The lowest BCUT2D eigenvalue weighted by atomic mass is 9.67. The summed E-state index contributed by atoms with van der Waals surface area (Å²) in [5.41, 5.74) is 5.53. The fraction of sp³-hybridized carbons (Fsp3) is 1.00. The molecule has 2 unspecified atom stereocenters. The van der Waals surface area contributed by atoms with Gasteiger partial charge in [0.2, 0.25) is 0 Å². The van der Waals surface area contributed by atoms with Crippen molar-refractivity contribution in [3.8, 4) is 0 Å². The van der Waals surface area contributed by atoms with Crippen LogP contribution < -0.4 is 5.73 Å². The fourth-order valence-electron chi connectivity index (χ4n) is 3.51. The average Bonchev–Trinajstić information content (AvgIpc) is 2.71. The maximum Gasteiger partial charge on any atom is 0.0739 e. The lowest BCUT2D eigenvalue weighted by molar-refractivity contribution is -0.0947. The van der Waals surface area contributed by atoms with Crippen molar-refractivity contribution in [3.63, 3.8) is 0 Å². The number of ether oxygens (including phenoxy) is 1. The highest BCUT2D eigenvalue weighted by Gasteiger charge is 2.52. The Balaban J connectivity index is 2.17. The van der Waals surface area contributed by atoms with Crippen LogP contribution in [-0.4, -0.2) is 30.5 Å². The Morgan fingerprint density at radius 2 is 1.88 bits per heavy atom. The summed E-state index contributed by atoms with van der Waals surface area (Å²) < 4.78 is 5.52. The molecular weight excluding hydrogens is 214 g/mol. The van der Waals surface area contributed by atoms with Gasteiger partial charge in [-0.2, -0.15) is 0 Å². The van der Waals surface area contributed by atoms with Crippen LogP contribution in [0.15, 0.2) is 0 Å². The van der Waals surface area contributed by atoms with E-state index in [9.17, 15) is 5.11 Å². The summed E-state index contributed by atoms with van der Waals surface area (Å²) in [7, 11) is 0. The second-order valence-electron chi connectivity index (χ2n) is 6.84. The zero-order valence-electron chi connectivity index (χ0n) is 11.3. The first kappa shape index (κ1) is 13.3. The van der Waals surface area contributed by atoms with E-state index in [4.69, 9.17) is 10.5 Å². The van der Waals surface area contributed by atoms with Crippen molar-refractivity contribution in [3.05, 3.63) is 0 Å². The Morgan fingerprint density at radius 1 is 1.12 bits per heavy atom. The minimum Gasteiger partial charge on any atom is -0.389 e. The quantitative estimate of drug-likeness (QED) is 0.728. The molecule has 0 spiro atoms. The molecule has 0 aromatic carbocycles. The topological polar surface area (TPSA) is 55.5 Å². The van der Waals surface area contributed by atoms with Gasteiger partial charge in [-0.05, 0) is 37.5 Å². The van der Waals surface area contributed by atoms with Crippen LogP contribution in [0.3, 0.4) is 0 Å². The molecule has 1 heterocycles. The molecule has 17 heavy (non-hydrogen) atoms. The predicted molar refractivity (Wildman–Crippen MR) is 68.7 cm³/mol. The molecule has 3 nitrogen and oxygen atoms in total. The molecule has 0 radical (unpaired) electrons. The number of rotatable bonds is 2. The van der Waals surface area contributed by atoms with Crippen LogP contribution in [0.1, 0.15) is 52.4 Å². The first-order valence-corrected chi connectivity index (χ1v) is 6.93. The van der Waals surface area contributed by atoms with Crippen LogP contribution in [0.5, 0.6) is 0 Å². The Bertz CT molecular complexity index is 271. The monoisotopic (exact) mass is 241 g/mol. The maximum absolute atomic E-state index is 11.1. The molecule has 3 heteroatoms. The average molecular weight is 241 g/mol. The second-order valence-corrected chi connectivity index (χ2v) is 6.84. The molecule has 2 aliphatic rings. The van der Waals surface area contributed by atoms with Gasteiger partial charge in [0.05, 0.1) is 12.2 Å². The highest BCUT2D eigenvalue weighted by molar-refractivity contribution is 5.03. The minimum absolute atomic E-state index is 0.187. The zero-order chi connectivity index (χ0) is 12.6. The van der Waals surface area contributed by atoms with E-state index >= 15 is 0 Å². The molecule has 0 aromatic heterocycles. The summed E-state index contributed by atoms with van der Waals surface area (Å²) in [6.45, 7) is 6.55. The highest BCUT2D eigenvalue weighted by atomic mass is 16.5. The summed E-state index contributed by atoms with van der Waals surface area (Å²) in [6, 6.07) is 0. The summed E-state index contributed by atoms with van der Waals surface area (Å²) >= 11 is 0. The Hall–Kier alpha value is -0.120. The van der Waals surface area contributed by atoms with E-state index in [2.05, 4.69) is 13.8 Å². The summed E-state index contributed by atoms with van der Waals surface area (Å²) in [4.78, 5) is 0. The molecular formula is C14H27NO2. The van der Waals surface area contributed by atoms with E-state index in [-0.39, 0.29) is 5.41 Å². The molecule has 0 bridgehead atoms.